The number of nitriles is 1. The molecule has 0 bridgehead atoms. The highest BCUT2D eigenvalue weighted by atomic mass is 32.2. The molecule has 0 aliphatic heterocycles. The normalized spacial score (nSPS) is 10.0. The van der Waals surface area contributed by atoms with Gasteiger partial charge in [0.15, 0.2) is 0 Å². The fraction of sp³-hybridized carbons (Fsp3) is 0.167. The molecule has 5 nitrogen and oxygen atoms in total. The number of nitrogens with two attached hydrogens (primary N) is 1. The second-order valence-electron chi connectivity index (χ2n) is 5.10. The number of carbonyl (C=O) groups is 2. The lowest BCUT2D eigenvalue weighted by Crippen LogP contribution is -2.16. The molecule has 0 fully saturated rings. The standard InChI is InChI=1S/C18H17N3O2S2/c19-9-13-5-7-14(8-6-13)10-24-12-18(23)21-15-3-1-2-4-16(15)25-11-17(20)22/h1-8H,10-12H2,(H2,20,22)(H,21,23). The third kappa shape index (κ3) is 6.53. The van der Waals surface area contributed by atoms with Crippen molar-refractivity contribution in [2.45, 2.75) is 10.6 Å². The number of amides is 2. The van der Waals surface area contributed by atoms with Crippen LogP contribution in [-0.4, -0.2) is 23.3 Å². The van der Waals surface area contributed by atoms with Crippen LogP contribution in [0.4, 0.5) is 5.69 Å². The van der Waals surface area contributed by atoms with Crippen molar-refractivity contribution >= 4 is 41.0 Å². The van der Waals surface area contributed by atoms with Gasteiger partial charge in [-0.3, -0.25) is 9.59 Å². The fourth-order valence-corrected chi connectivity index (χ4v) is 3.50. The van der Waals surface area contributed by atoms with Crippen LogP contribution in [0.1, 0.15) is 11.1 Å². The zero-order valence-corrected chi connectivity index (χ0v) is 15.0. The summed E-state index contributed by atoms with van der Waals surface area (Å²) in [5.41, 5.74) is 7.53. The fourth-order valence-electron chi connectivity index (χ4n) is 1.97. The first-order valence-corrected chi connectivity index (χ1v) is 9.59. The van der Waals surface area contributed by atoms with E-state index in [0.717, 1.165) is 10.5 Å². The minimum Gasteiger partial charge on any atom is -0.369 e. The van der Waals surface area contributed by atoms with Gasteiger partial charge in [-0.1, -0.05) is 24.3 Å². The van der Waals surface area contributed by atoms with E-state index >= 15 is 0 Å². The van der Waals surface area contributed by atoms with Crippen molar-refractivity contribution in [2.24, 2.45) is 5.73 Å². The number of nitrogens with one attached hydrogen (secondary N) is 1. The van der Waals surface area contributed by atoms with Crippen molar-refractivity contribution in [1.29, 1.82) is 5.26 Å². The van der Waals surface area contributed by atoms with Crippen LogP contribution in [0, 0.1) is 11.3 Å². The second kappa shape index (κ2) is 9.77. The molecule has 0 atom stereocenters. The molecule has 0 saturated heterocycles. The van der Waals surface area contributed by atoms with Crippen LogP contribution in [0.25, 0.3) is 0 Å². The Bertz CT molecular complexity index is 786. The monoisotopic (exact) mass is 371 g/mol. The van der Waals surface area contributed by atoms with Crippen molar-refractivity contribution < 1.29 is 9.59 Å². The van der Waals surface area contributed by atoms with Crippen LogP contribution in [0.15, 0.2) is 53.4 Å². The van der Waals surface area contributed by atoms with Crippen molar-refractivity contribution in [3.63, 3.8) is 0 Å². The lowest BCUT2D eigenvalue weighted by atomic mass is 10.2. The molecule has 25 heavy (non-hydrogen) atoms. The summed E-state index contributed by atoms with van der Waals surface area (Å²) in [6.07, 6.45) is 0. The summed E-state index contributed by atoms with van der Waals surface area (Å²) in [5.74, 6) is 0.668. The van der Waals surface area contributed by atoms with Gasteiger partial charge < -0.3 is 11.1 Å². The van der Waals surface area contributed by atoms with Crippen LogP contribution >= 0.6 is 23.5 Å². The predicted molar refractivity (Wildman–Crippen MR) is 102 cm³/mol. The van der Waals surface area contributed by atoms with Gasteiger partial charge in [0, 0.05) is 10.6 Å². The minimum atomic E-state index is -0.399. The number of carbonyl (C=O) groups excluding carboxylic acids is 2. The van der Waals surface area contributed by atoms with E-state index in [9.17, 15) is 9.59 Å². The van der Waals surface area contributed by atoms with Gasteiger partial charge in [-0.25, -0.2) is 0 Å². The minimum absolute atomic E-state index is 0.106. The summed E-state index contributed by atoms with van der Waals surface area (Å²) < 4.78 is 0. The first-order chi connectivity index (χ1) is 12.1. The van der Waals surface area contributed by atoms with Gasteiger partial charge in [0.05, 0.1) is 28.8 Å². The van der Waals surface area contributed by atoms with Gasteiger partial charge in [0.1, 0.15) is 0 Å². The van der Waals surface area contributed by atoms with Gasteiger partial charge >= 0.3 is 0 Å². The van der Waals surface area contributed by atoms with Crippen LogP contribution in [0.3, 0.4) is 0 Å². The van der Waals surface area contributed by atoms with E-state index in [0.29, 0.717) is 22.8 Å². The largest absolute Gasteiger partial charge is 0.369 e. The molecule has 0 aliphatic carbocycles. The molecule has 3 N–H and O–H groups in total. The van der Waals surface area contributed by atoms with Crippen molar-refractivity contribution in [1.82, 2.24) is 0 Å². The van der Waals surface area contributed by atoms with Crippen LogP contribution in [0.5, 0.6) is 0 Å². The molecule has 2 aromatic carbocycles. The van der Waals surface area contributed by atoms with E-state index in [2.05, 4.69) is 11.4 Å². The molecule has 0 radical (unpaired) electrons. The van der Waals surface area contributed by atoms with Gasteiger partial charge in [-0.15, -0.1) is 23.5 Å². The molecule has 0 aliphatic rings. The predicted octanol–water partition coefficient (Wildman–Crippen LogP) is 3.01. The number of hydrogen-bond acceptors (Lipinski definition) is 5. The third-order valence-corrected chi connectivity index (χ3v) is 5.22. The number of hydrogen-bond donors (Lipinski definition) is 2. The lowest BCUT2D eigenvalue weighted by molar-refractivity contribution is -0.115. The Hall–Kier alpha value is -2.43. The maximum Gasteiger partial charge on any atom is 0.234 e. The van der Waals surface area contributed by atoms with E-state index in [1.54, 1.807) is 18.2 Å². The SMILES string of the molecule is N#Cc1ccc(CSCC(=O)Nc2ccccc2SCC(N)=O)cc1. The Kier molecular flexibility index (Phi) is 7.38. The number of anilines is 1. The van der Waals surface area contributed by atoms with Gasteiger partial charge in [0.2, 0.25) is 11.8 Å². The summed E-state index contributed by atoms with van der Waals surface area (Å²) in [6.45, 7) is 0. The Morgan fingerprint density at radius 2 is 1.80 bits per heavy atom. The zero-order chi connectivity index (χ0) is 18.1. The molecular weight excluding hydrogens is 354 g/mol. The number of rotatable bonds is 8. The van der Waals surface area contributed by atoms with Gasteiger partial charge in [-0.2, -0.15) is 5.26 Å². The Morgan fingerprint density at radius 1 is 1.08 bits per heavy atom. The van der Waals surface area contributed by atoms with E-state index in [1.165, 1.54) is 23.5 Å². The molecule has 0 saturated carbocycles. The lowest BCUT2D eigenvalue weighted by Gasteiger charge is -2.10. The second-order valence-corrected chi connectivity index (χ2v) is 7.10. The van der Waals surface area contributed by atoms with E-state index in [1.807, 2.05) is 30.3 Å². The molecule has 128 valence electrons. The Labute approximate surface area is 155 Å². The van der Waals surface area contributed by atoms with Crippen molar-refractivity contribution in [2.75, 3.05) is 16.8 Å². The van der Waals surface area contributed by atoms with Crippen LogP contribution in [0.2, 0.25) is 0 Å². The summed E-state index contributed by atoms with van der Waals surface area (Å²) in [7, 11) is 0. The van der Waals surface area contributed by atoms with Crippen LogP contribution in [-0.2, 0) is 15.3 Å². The topological polar surface area (TPSA) is 96.0 Å². The van der Waals surface area contributed by atoms with E-state index in [-0.39, 0.29) is 11.7 Å². The zero-order valence-electron chi connectivity index (χ0n) is 13.4. The number of nitrogens with zero attached hydrogens (tertiary/aromatic N) is 1. The first kappa shape index (κ1) is 18.9. The maximum absolute atomic E-state index is 12.1. The highest BCUT2D eigenvalue weighted by Gasteiger charge is 2.08. The molecular formula is C18H17N3O2S2. The molecule has 0 heterocycles. The summed E-state index contributed by atoms with van der Waals surface area (Å²) in [6, 6.07) is 16.7. The Morgan fingerprint density at radius 3 is 2.48 bits per heavy atom. The maximum atomic E-state index is 12.1. The summed E-state index contributed by atoms with van der Waals surface area (Å²) >= 11 is 2.79. The molecule has 2 aromatic rings. The van der Waals surface area contributed by atoms with Gasteiger partial charge in [-0.05, 0) is 29.8 Å². The molecule has 0 spiro atoms. The molecule has 0 unspecified atom stereocenters. The third-order valence-electron chi connectivity index (χ3n) is 3.12. The average Bonchev–Trinajstić information content (AvgIpc) is 2.61. The number of primary amides is 1. The molecule has 7 heteroatoms. The Balaban J connectivity index is 1.83. The van der Waals surface area contributed by atoms with E-state index in [4.69, 9.17) is 11.0 Å². The summed E-state index contributed by atoms with van der Waals surface area (Å²) in [5, 5.41) is 11.6. The van der Waals surface area contributed by atoms with Crippen LogP contribution < -0.4 is 11.1 Å². The summed E-state index contributed by atoms with van der Waals surface area (Å²) in [4.78, 5) is 23.8. The number of benzene rings is 2. The average molecular weight is 371 g/mol. The molecule has 0 aromatic heterocycles. The van der Waals surface area contributed by atoms with Crippen molar-refractivity contribution in [3.8, 4) is 6.07 Å². The van der Waals surface area contributed by atoms with Gasteiger partial charge in [0.25, 0.3) is 0 Å². The molecule has 2 rings (SSSR count). The number of para-hydroxylation sites is 1. The van der Waals surface area contributed by atoms with Crippen molar-refractivity contribution in [3.05, 3.63) is 59.7 Å². The smallest absolute Gasteiger partial charge is 0.234 e. The molecule has 2 amide bonds. The van der Waals surface area contributed by atoms with E-state index < -0.39 is 5.91 Å². The first-order valence-electron chi connectivity index (χ1n) is 7.45. The number of thioether (sulfide) groups is 2. The highest BCUT2D eigenvalue weighted by molar-refractivity contribution is 8.00. The highest BCUT2D eigenvalue weighted by Crippen LogP contribution is 2.27. The quantitative estimate of drug-likeness (QED) is 0.696.